The molecule has 0 spiro atoms. The Balaban J connectivity index is 1.65. The number of ether oxygens (including phenoxy) is 1. The van der Waals surface area contributed by atoms with Gasteiger partial charge in [0.05, 0.1) is 25.6 Å². The van der Waals surface area contributed by atoms with Crippen LogP contribution in [0.1, 0.15) is 16.1 Å². The summed E-state index contributed by atoms with van der Waals surface area (Å²) in [4.78, 5) is 24.7. The molecule has 1 fully saturated rings. The molecule has 0 saturated carbocycles. The van der Waals surface area contributed by atoms with Crippen LogP contribution >= 0.6 is 0 Å². The van der Waals surface area contributed by atoms with Gasteiger partial charge in [-0.25, -0.2) is 9.97 Å². The van der Waals surface area contributed by atoms with Gasteiger partial charge in [0, 0.05) is 26.7 Å². The first-order chi connectivity index (χ1) is 11.2. The molecular weight excluding hydrogens is 292 g/mol. The fraction of sp³-hybridized carbons (Fsp3) is 0.353. The molecule has 1 aromatic heterocycles. The number of aromatic nitrogens is 2. The van der Waals surface area contributed by atoms with Crippen molar-refractivity contribution in [3.05, 3.63) is 54.0 Å². The van der Waals surface area contributed by atoms with Crippen molar-refractivity contribution in [1.29, 1.82) is 0 Å². The molecule has 1 saturated heterocycles. The minimum Gasteiger partial charge on any atom is -0.378 e. The average molecular weight is 312 g/mol. The maximum atomic E-state index is 12.3. The van der Waals surface area contributed by atoms with Crippen molar-refractivity contribution in [2.45, 2.75) is 6.54 Å². The Hall–Kier alpha value is -2.47. The van der Waals surface area contributed by atoms with Crippen LogP contribution in [-0.2, 0) is 11.3 Å². The minimum atomic E-state index is -0.0851. The SMILES string of the molecule is CN(Cc1ccccc1)c1cnc(C(=O)N2CCOCC2)cn1. The van der Waals surface area contributed by atoms with Gasteiger partial charge in [-0.3, -0.25) is 4.79 Å². The lowest BCUT2D eigenvalue weighted by molar-refractivity contribution is 0.0298. The van der Waals surface area contributed by atoms with E-state index in [1.165, 1.54) is 5.56 Å². The van der Waals surface area contributed by atoms with Crippen LogP contribution in [0.15, 0.2) is 42.7 Å². The molecule has 1 amide bonds. The third-order valence-corrected chi connectivity index (χ3v) is 3.81. The first-order valence-corrected chi connectivity index (χ1v) is 7.68. The third-order valence-electron chi connectivity index (χ3n) is 3.81. The van der Waals surface area contributed by atoms with Crippen molar-refractivity contribution in [3.8, 4) is 0 Å². The molecule has 0 aliphatic carbocycles. The Labute approximate surface area is 135 Å². The van der Waals surface area contributed by atoms with Gasteiger partial charge in [-0.05, 0) is 5.56 Å². The van der Waals surface area contributed by atoms with Gasteiger partial charge in [-0.2, -0.15) is 0 Å². The van der Waals surface area contributed by atoms with E-state index in [0.717, 1.165) is 12.4 Å². The van der Waals surface area contributed by atoms with Crippen molar-refractivity contribution >= 4 is 11.7 Å². The number of morpholine rings is 1. The zero-order valence-corrected chi connectivity index (χ0v) is 13.2. The number of carbonyl (C=O) groups excluding carboxylic acids is 1. The lowest BCUT2D eigenvalue weighted by Crippen LogP contribution is -2.41. The maximum absolute atomic E-state index is 12.3. The van der Waals surface area contributed by atoms with Crippen LogP contribution in [0.25, 0.3) is 0 Å². The Bertz CT molecular complexity index is 639. The zero-order chi connectivity index (χ0) is 16.1. The Kier molecular flexibility index (Phi) is 4.83. The van der Waals surface area contributed by atoms with Crippen molar-refractivity contribution in [2.24, 2.45) is 0 Å². The van der Waals surface area contributed by atoms with E-state index in [1.54, 1.807) is 17.3 Å². The van der Waals surface area contributed by atoms with Gasteiger partial charge in [0.2, 0.25) is 0 Å². The molecule has 0 unspecified atom stereocenters. The molecule has 0 bridgehead atoms. The van der Waals surface area contributed by atoms with Gasteiger partial charge in [0.15, 0.2) is 0 Å². The molecule has 6 heteroatoms. The lowest BCUT2D eigenvalue weighted by Gasteiger charge is -2.26. The van der Waals surface area contributed by atoms with Crippen LogP contribution in [0.3, 0.4) is 0 Å². The first kappa shape index (κ1) is 15.4. The summed E-state index contributed by atoms with van der Waals surface area (Å²) < 4.78 is 5.26. The van der Waals surface area contributed by atoms with Crippen LogP contribution in [0.2, 0.25) is 0 Å². The van der Waals surface area contributed by atoms with Gasteiger partial charge in [-0.15, -0.1) is 0 Å². The van der Waals surface area contributed by atoms with Crippen molar-refractivity contribution in [1.82, 2.24) is 14.9 Å². The number of hydrogen-bond acceptors (Lipinski definition) is 5. The second kappa shape index (κ2) is 7.19. The van der Waals surface area contributed by atoms with E-state index in [4.69, 9.17) is 4.74 Å². The summed E-state index contributed by atoms with van der Waals surface area (Å²) in [6.07, 6.45) is 3.20. The number of nitrogens with zero attached hydrogens (tertiary/aromatic N) is 4. The molecular formula is C17H20N4O2. The maximum Gasteiger partial charge on any atom is 0.274 e. The standard InChI is InChI=1S/C17H20N4O2/c1-20(13-14-5-3-2-4-6-14)16-12-18-15(11-19-16)17(22)21-7-9-23-10-8-21/h2-6,11-12H,7-10,13H2,1H3. The van der Waals surface area contributed by atoms with Crippen LogP contribution in [0.4, 0.5) is 5.82 Å². The van der Waals surface area contributed by atoms with Gasteiger partial charge in [-0.1, -0.05) is 30.3 Å². The summed E-state index contributed by atoms with van der Waals surface area (Å²) in [5.41, 5.74) is 1.58. The van der Waals surface area contributed by atoms with Crippen molar-refractivity contribution < 1.29 is 9.53 Å². The number of hydrogen-bond donors (Lipinski definition) is 0. The van der Waals surface area contributed by atoms with Crippen LogP contribution in [0.5, 0.6) is 0 Å². The summed E-state index contributed by atoms with van der Waals surface area (Å²) in [7, 11) is 1.96. The van der Waals surface area contributed by atoms with Crippen molar-refractivity contribution in [3.63, 3.8) is 0 Å². The lowest BCUT2D eigenvalue weighted by atomic mass is 10.2. The summed E-state index contributed by atoms with van der Waals surface area (Å²) in [6, 6.07) is 10.2. The minimum absolute atomic E-state index is 0.0851. The predicted octanol–water partition coefficient (Wildman–Crippen LogP) is 1.59. The highest BCUT2D eigenvalue weighted by Gasteiger charge is 2.20. The predicted molar refractivity (Wildman–Crippen MR) is 87.3 cm³/mol. The molecule has 1 aliphatic rings. The number of carbonyl (C=O) groups is 1. The van der Waals surface area contributed by atoms with E-state index in [1.807, 2.05) is 30.1 Å². The third kappa shape index (κ3) is 3.84. The molecule has 1 aliphatic heterocycles. The Morgan fingerprint density at radius 1 is 1.17 bits per heavy atom. The second-order valence-electron chi connectivity index (χ2n) is 5.51. The van der Waals surface area contributed by atoms with E-state index in [-0.39, 0.29) is 5.91 Å². The summed E-state index contributed by atoms with van der Waals surface area (Å²) >= 11 is 0. The molecule has 120 valence electrons. The number of benzene rings is 1. The summed E-state index contributed by atoms with van der Waals surface area (Å²) in [5, 5.41) is 0. The normalized spacial score (nSPS) is 14.6. The van der Waals surface area contributed by atoms with Gasteiger partial charge in [0.1, 0.15) is 11.5 Å². The highest BCUT2D eigenvalue weighted by molar-refractivity contribution is 5.92. The number of amides is 1. The van der Waals surface area contributed by atoms with Gasteiger partial charge >= 0.3 is 0 Å². The summed E-state index contributed by atoms with van der Waals surface area (Å²) in [6.45, 7) is 3.12. The first-order valence-electron chi connectivity index (χ1n) is 7.68. The largest absolute Gasteiger partial charge is 0.378 e. The van der Waals surface area contributed by atoms with Crippen LogP contribution in [0, 0.1) is 0 Å². The van der Waals surface area contributed by atoms with Crippen molar-refractivity contribution in [2.75, 3.05) is 38.3 Å². The van der Waals surface area contributed by atoms with Gasteiger partial charge in [0.25, 0.3) is 5.91 Å². The van der Waals surface area contributed by atoms with E-state index in [2.05, 4.69) is 22.1 Å². The monoisotopic (exact) mass is 312 g/mol. The average Bonchev–Trinajstić information content (AvgIpc) is 2.63. The fourth-order valence-electron chi connectivity index (χ4n) is 2.50. The fourth-order valence-corrected chi connectivity index (χ4v) is 2.50. The molecule has 0 atom stereocenters. The van der Waals surface area contributed by atoms with Crippen LogP contribution in [-0.4, -0.2) is 54.1 Å². The summed E-state index contributed by atoms with van der Waals surface area (Å²) in [5.74, 6) is 0.658. The highest BCUT2D eigenvalue weighted by atomic mass is 16.5. The molecule has 23 heavy (non-hydrogen) atoms. The second-order valence-corrected chi connectivity index (χ2v) is 5.51. The molecule has 0 radical (unpaired) electrons. The van der Waals surface area contributed by atoms with E-state index < -0.39 is 0 Å². The van der Waals surface area contributed by atoms with Crippen LogP contribution < -0.4 is 4.90 Å². The van der Waals surface area contributed by atoms with E-state index in [9.17, 15) is 4.79 Å². The molecule has 0 N–H and O–H groups in total. The topological polar surface area (TPSA) is 58.6 Å². The number of anilines is 1. The Morgan fingerprint density at radius 2 is 1.91 bits per heavy atom. The number of rotatable bonds is 4. The van der Waals surface area contributed by atoms with Gasteiger partial charge < -0.3 is 14.5 Å². The highest BCUT2D eigenvalue weighted by Crippen LogP contribution is 2.12. The zero-order valence-electron chi connectivity index (χ0n) is 13.2. The smallest absolute Gasteiger partial charge is 0.274 e. The Morgan fingerprint density at radius 3 is 2.57 bits per heavy atom. The van der Waals surface area contributed by atoms with E-state index >= 15 is 0 Å². The molecule has 3 rings (SSSR count). The molecule has 2 heterocycles. The quantitative estimate of drug-likeness (QED) is 0.858. The molecule has 2 aromatic rings. The molecule has 1 aromatic carbocycles. The van der Waals surface area contributed by atoms with E-state index in [0.29, 0.717) is 32.0 Å². The molecule has 6 nitrogen and oxygen atoms in total.